The number of rotatable bonds is 4. The highest BCUT2D eigenvalue weighted by Crippen LogP contribution is 2.38. The van der Waals surface area contributed by atoms with Gasteiger partial charge in [0.2, 0.25) is 5.91 Å². The van der Waals surface area contributed by atoms with E-state index in [0.717, 1.165) is 18.5 Å². The molecule has 0 saturated heterocycles. The van der Waals surface area contributed by atoms with Crippen LogP contribution in [0.25, 0.3) is 0 Å². The lowest BCUT2D eigenvalue weighted by atomic mass is 9.85. The number of nitrogens with one attached hydrogen (secondary N) is 2. The van der Waals surface area contributed by atoms with Gasteiger partial charge in [0.25, 0.3) is 0 Å². The van der Waals surface area contributed by atoms with Crippen LogP contribution in [-0.2, 0) is 17.6 Å². The number of amides is 1. The molecule has 2 N–H and O–H groups in total. The van der Waals surface area contributed by atoms with E-state index in [1.807, 2.05) is 18.2 Å². The minimum Gasteiger partial charge on any atom is -0.323 e. The molecular formula is C19H23F3N2O. The summed E-state index contributed by atoms with van der Waals surface area (Å²) in [7, 11) is 0. The van der Waals surface area contributed by atoms with E-state index in [1.54, 1.807) is 0 Å². The van der Waals surface area contributed by atoms with E-state index in [1.165, 1.54) is 17.2 Å². The maximum atomic E-state index is 12.7. The molecule has 1 saturated carbocycles. The summed E-state index contributed by atoms with van der Waals surface area (Å²) in [4.78, 5) is 11.4. The molecule has 1 amide bonds. The molecule has 0 bridgehead atoms. The zero-order valence-corrected chi connectivity index (χ0v) is 14.0. The van der Waals surface area contributed by atoms with Gasteiger partial charge in [-0.3, -0.25) is 4.79 Å². The highest BCUT2D eigenvalue weighted by atomic mass is 19.4. The lowest BCUT2D eigenvalue weighted by Crippen LogP contribution is -2.42. The largest absolute Gasteiger partial charge is 0.391 e. The second kappa shape index (κ2) is 7.20. The van der Waals surface area contributed by atoms with E-state index in [9.17, 15) is 18.0 Å². The molecule has 1 fully saturated rings. The zero-order chi connectivity index (χ0) is 18.0. The number of benzene rings is 1. The van der Waals surface area contributed by atoms with Crippen molar-refractivity contribution in [2.24, 2.45) is 5.92 Å². The van der Waals surface area contributed by atoms with Crippen molar-refractivity contribution in [2.45, 2.75) is 56.8 Å². The van der Waals surface area contributed by atoms with Crippen molar-refractivity contribution < 1.29 is 18.0 Å². The van der Waals surface area contributed by atoms with Crippen molar-refractivity contribution in [3.63, 3.8) is 0 Å². The van der Waals surface area contributed by atoms with Gasteiger partial charge < -0.3 is 10.6 Å². The fourth-order valence-electron chi connectivity index (χ4n) is 3.93. The molecule has 2 aliphatic carbocycles. The molecule has 2 aliphatic rings. The molecular weight excluding hydrogens is 329 g/mol. The van der Waals surface area contributed by atoms with Gasteiger partial charge >= 0.3 is 6.18 Å². The van der Waals surface area contributed by atoms with Crippen LogP contribution < -0.4 is 10.6 Å². The molecule has 0 spiro atoms. The summed E-state index contributed by atoms with van der Waals surface area (Å²) < 4.78 is 38.2. The van der Waals surface area contributed by atoms with Crippen LogP contribution in [0.1, 0.15) is 36.8 Å². The summed E-state index contributed by atoms with van der Waals surface area (Å²) in [5.41, 5.74) is 3.16. The Balaban J connectivity index is 1.53. The van der Waals surface area contributed by atoms with Crippen LogP contribution in [0.5, 0.6) is 0 Å². The molecule has 136 valence electrons. The Kier molecular flexibility index (Phi) is 5.18. The maximum Gasteiger partial charge on any atom is 0.391 e. The lowest BCUT2D eigenvalue weighted by molar-refractivity contribution is -0.182. The number of hydrogen-bond donors (Lipinski definition) is 2. The first kappa shape index (κ1) is 18.0. The standard InChI is InChI=1S/C19H23F3N2O/c1-2-18(25)24-16-6-3-12-9-17(11-13(12)10-16)23-15-7-4-14(5-8-15)19(20,21)22/h2-3,6,10,14-15,17,23H,1,4-5,7-9,11H2,(H,24,25)/t14-,15+,17?. The van der Waals surface area contributed by atoms with E-state index < -0.39 is 12.1 Å². The first-order valence-electron chi connectivity index (χ1n) is 8.73. The van der Waals surface area contributed by atoms with Crippen molar-refractivity contribution in [1.82, 2.24) is 5.32 Å². The highest BCUT2D eigenvalue weighted by Gasteiger charge is 2.41. The normalized spacial score (nSPS) is 26.1. The molecule has 3 rings (SSSR count). The number of anilines is 1. The van der Waals surface area contributed by atoms with Gasteiger partial charge in [0.05, 0.1) is 5.92 Å². The van der Waals surface area contributed by atoms with Crippen LogP contribution in [0.15, 0.2) is 30.9 Å². The Bertz CT molecular complexity index is 649. The summed E-state index contributed by atoms with van der Waals surface area (Å²) in [6.07, 6.45) is 0.499. The monoisotopic (exact) mass is 352 g/mol. The third-order valence-corrected chi connectivity index (χ3v) is 5.25. The minimum atomic E-state index is -4.05. The van der Waals surface area contributed by atoms with E-state index in [2.05, 4.69) is 17.2 Å². The topological polar surface area (TPSA) is 41.1 Å². The fourth-order valence-corrected chi connectivity index (χ4v) is 3.93. The van der Waals surface area contributed by atoms with Gasteiger partial charge in [-0.2, -0.15) is 13.2 Å². The predicted molar refractivity (Wildman–Crippen MR) is 91.4 cm³/mol. The minimum absolute atomic E-state index is 0.165. The number of carbonyl (C=O) groups is 1. The molecule has 0 aliphatic heterocycles. The molecule has 0 heterocycles. The molecule has 0 radical (unpaired) electrons. The van der Waals surface area contributed by atoms with Crippen LogP contribution in [0, 0.1) is 5.92 Å². The molecule has 25 heavy (non-hydrogen) atoms. The summed E-state index contributed by atoms with van der Waals surface area (Å²) in [6.45, 7) is 3.43. The lowest BCUT2D eigenvalue weighted by Gasteiger charge is -2.32. The van der Waals surface area contributed by atoms with E-state index >= 15 is 0 Å². The Morgan fingerprint density at radius 3 is 2.40 bits per heavy atom. The van der Waals surface area contributed by atoms with Crippen LogP contribution in [0.3, 0.4) is 0 Å². The number of fused-ring (bicyclic) bond motifs is 1. The third-order valence-electron chi connectivity index (χ3n) is 5.25. The SMILES string of the molecule is C=CC(=O)Nc1ccc2c(c1)CC(N[C@H]1CC[C@@H](C(F)(F)F)CC1)C2. The van der Waals surface area contributed by atoms with E-state index in [0.29, 0.717) is 12.8 Å². The van der Waals surface area contributed by atoms with Crippen LogP contribution in [-0.4, -0.2) is 24.2 Å². The average molecular weight is 352 g/mol. The first-order valence-corrected chi connectivity index (χ1v) is 8.73. The Hall–Kier alpha value is -1.82. The van der Waals surface area contributed by atoms with Crippen molar-refractivity contribution in [3.05, 3.63) is 42.0 Å². The number of carbonyl (C=O) groups excluding carboxylic acids is 1. The van der Waals surface area contributed by atoms with Crippen LogP contribution >= 0.6 is 0 Å². The Morgan fingerprint density at radius 2 is 1.76 bits per heavy atom. The highest BCUT2D eigenvalue weighted by molar-refractivity contribution is 5.98. The molecule has 1 unspecified atom stereocenters. The quantitative estimate of drug-likeness (QED) is 0.805. The summed E-state index contributed by atoms with van der Waals surface area (Å²) >= 11 is 0. The maximum absolute atomic E-state index is 12.7. The predicted octanol–water partition coefficient (Wildman–Crippen LogP) is 3.99. The summed E-state index contributed by atoms with van der Waals surface area (Å²) in [5.74, 6) is -1.38. The number of halogens is 3. The summed E-state index contributed by atoms with van der Waals surface area (Å²) in [5, 5.41) is 6.29. The molecule has 6 heteroatoms. The third kappa shape index (κ3) is 4.42. The van der Waals surface area contributed by atoms with Crippen molar-refractivity contribution in [1.29, 1.82) is 0 Å². The average Bonchev–Trinajstić information content (AvgIpc) is 2.95. The second-order valence-corrected chi connectivity index (χ2v) is 7.04. The molecule has 1 aromatic carbocycles. The van der Waals surface area contributed by atoms with Crippen LogP contribution in [0.2, 0.25) is 0 Å². The van der Waals surface area contributed by atoms with Crippen molar-refractivity contribution >= 4 is 11.6 Å². The van der Waals surface area contributed by atoms with Gasteiger partial charge in [-0.25, -0.2) is 0 Å². The van der Waals surface area contributed by atoms with Gasteiger partial charge in [0.15, 0.2) is 0 Å². The Morgan fingerprint density at radius 1 is 1.08 bits per heavy atom. The molecule has 3 nitrogen and oxygen atoms in total. The number of hydrogen-bond acceptors (Lipinski definition) is 2. The van der Waals surface area contributed by atoms with E-state index in [4.69, 9.17) is 0 Å². The molecule has 1 atom stereocenters. The smallest absolute Gasteiger partial charge is 0.323 e. The molecule has 0 aromatic heterocycles. The van der Waals surface area contributed by atoms with Gasteiger partial charge in [-0.15, -0.1) is 0 Å². The molecule has 1 aromatic rings. The Labute approximate surface area is 145 Å². The summed E-state index contributed by atoms with van der Waals surface area (Å²) in [6, 6.07) is 6.28. The zero-order valence-electron chi connectivity index (χ0n) is 14.0. The van der Waals surface area contributed by atoms with Crippen molar-refractivity contribution in [2.75, 3.05) is 5.32 Å². The van der Waals surface area contributed by atoms with Gasteiger partial charge in [0, 0.05) is 17.8 Å². The fraction of sp³-hybridized carbons (Fsp3) is 0.526. The first-order chi connectivity index (χ1) is 11.8. The van der Waals surface area contributed by atoms with Gasteiger partial charge in [-0.1, -0.05) is 12.6 Å². The van der Waals surface area contributed by atoms with E-state index in [-0.39, 0.29) is 30.8 Å². The van der Waals surface area contributed by atoms with Crippen LogP contribution in [0.4, 0.5) is 18.9 Å². The van der Waals surface area contributed by atoms with Gasteiger partial charge in [-0.05, 0) is 67.9 Å². The second-order valence-electron chi connectivity index (χ2n) is 7.04. The van der Waals surface area contributed by atoms with Crippen molar-refractivity contribution in [3.8, 4) is 0 Å². The van der Waals surface area contributed by atoms with Gasteiger partial charge in [0.1, 0.15) is 0 Å². The number of alkyl halides is 3.